The van der Waals surface area contributed by atoms with E-state index in [9.17, 15) is 27.0 Å². The van der Waals surface area contributed by atoms with E-state index >= 15 is 0 Å². The van der Waals surface area contributed by atoms with Crippen LogP contribution in [0.1, 0.15) is 34.3 Å². The Balaban J connectivity index is 0.000000212. The number of nitrogens with one attached hydrogen (secondary N) is 2. The van der Waals surface area contributed by atoms with E-state index in [2.05, 4.69) is 50.1 Å². The van der Waals surface area contributed by atoms with Gasteiger partial charge in [0.15, 0.2) is 0 Å². The summed E-state index contributed by atoms with van der Waals surface area (Å²) in [6, 6.07) is 29.2. The molecule has 0 unspecified atom stereocenters. The summed E-state index contributed by atoms with van der Waals surface area (Å²) in [6.45, 7) is 10.2. The van der Waals surface area contributed by atoms with Crippen LogP contribution in [0.3, 0.4) is 0 Å². The number of oxazole rings is 2. The van der Waals surface area contributed by atoms with Crippen molar-refractivity contribution in [3.63, 3.8) is 0 Å². The summed E-state index contributed by atoms with van der Waals surface area (Å²) in [5.74, 6) is 0.277. The van der Waals surface area contributed by atoms with Gasteiger partial charge in [0.1, 0.15) is 22.9 Å². The zero-order valence-electron chi connectivity index (χ0n) is 35.2. The van der Waals surface area contributed by atoms with Crippen molar-refractivity contribution >= 4 is 54.8 Å². The molecule has 4 heterocycles. The molecule has 4 aromatic heterocycles. The minimum atomic E-state index is -3.88. The average Bonchev–Trinajstić information content (AvgIpc) is 3.96. The molecule has 0 aliphatic carbocycles. The third-order valence-corrected chi connectivity index (χ3v) is 12.0. The van der Waals surface area contributed by atoms with Crippen LogP contribution in [-0.2, 0) is 37.1 Å². The van der Waals surface area contributed by atoms with Gasteiger partial charge < -0.3 is 19.0 Å². The molecule has 8 aromatic rings. The molecular formula is C42H38CuN12O8S2. The molecule has 0 aliphatic heterocycles. The van der Waals surface area contributed by atoms with Crippen LogP contribution in [0, 0.1) is 41.5 Å². The summed E-state index contributed by atoms with van der Waals surface area (Å²) in [5, 5.41) is 49.9. The van der Waals surface area contributed by atoms with E-state index < -0.39 is 31.8 Å². The van der Waals surface area contributed by atoms with Gasteiger partial charge in [-0.2, -0.15) is 30.4 Å². The predicted molar refractivity (Wildman–Crippen MR) is 230 cm³/mol. The molecule has 20 nitrogen and oxygen atoms in total. The van der Waals surface area contributed by atoms with Crippen molar-refractivity contribution in [3.8, 4) is 23.1 Å². The fourth-order valence-electron chi connectivity index (χ4n) is 5.69. The van der Waals surface area contributed by atoms with Gasteiger partial charge in [-0.25, -0.2) is 35.6 Å². The quantitative estimate of drug-likeness (QED) is 0.0867. The molecule has 23 heteroatoms. The Labute approximate surface area is 383 Å². The summed E-state index contributed by atoms with van der Waals surface area (Å²) in [5.41, 5.74) is 4.29. The van der Waals surface area contributed by atoms with Gasteiger partial charge in [-0.05, 0) is 114 Å². The zero-order chi connectivity index (χ0) is 45.8. The number of aromatic nitrogens is 6. The molecule has 0 saturated carbocycles. The van der Waals surface area contributed by atoms with Crippen LogP contribution in [-0.4, -0.2) is 46.4 Å². The van der Waals surface area contributed by atoms with Crippen LogP contribution in [0.15, 0.2) is 148 Å². The second kappa shape index (κ2) is 19.5. The van der Waals surface area contributed by atoms with Gasteiger partial charge in [0.2, 0.25) is 0 Å². The van der Waals surface area contributed by atoms with Gasteiger partial charge >= 0.3 is 29.1 Å². The van der Waals surface area contributed by atoms with Gasteiger partial charge in [0, 0.05) is 11.8 Å². The van der Waals surface area contributed by atoms with Gasteiger partial charge in [-0.3, -0.25) is 0 Å². The molecular weight excluding hydrogens is 928 g/mol. The van der Waals surface area contributed by atoms with Crippen molar-refractivity contribution in [1.29, 1.82) is 0 Å². The van der Waals surface area contributed by atoms with E-state index in [1.165, 1.54) is 57.9 Å². The van der Waals surface area contributed by atoms with Gasteiger partial charge in [0.25, 0.3) is 20.0 Å². The first-order chi connectivity index (χ1) is 30.5. The summed E-state index contributed by atoms with van der Waals surface area (Å²) in [4.78, 5) is 8.03. The van der Waals surface area contributed by atoms with Crippen molar-refractivity contribution in [2.24, 2.45) is 20.5 Å². The molecule has 1 radical (unpaired) electrons. The smallest absolute Gasteiger partial charge is 0.857 e. The van der Waals surface area contributed by atoms with E-state index in [1.54, 1.807) is 65.8 Å². The third-order valence-electron chi connectivity index (χ3n) is 9.30. The molecule has 0 fully saturated rings. The number of hydrogen-bond donors (Lipinski definition) is 2. The summed E-state index contributed by atoms with van der Waals surface area (Å²) >= 11 is 0. The van der Waals surface area contributed by atoms with Crippen molar-refractivity contribution in [1.82, 2.24) is 29.5 Å². The molecule has 0 amide bonds. The maximum atomic E-state index is 12.6. The van der Waals surface area contributed by atoms with Crippen LogP contribution in [0.2, 0.25) is 0 Å². The fraction of sp³-hybridized carbons (Fsp3) is 0.143. The topological polar surface area (TPSA) is 276 Å². The minimum Gasteiger partial charge on any atom is -0.857 e. The predicted octanol–water partition coefficient (Wildman–Crippen LogP) is 8.15. The van der Waals surface area contributed by atoms with E-state index in [-0.39, 0.29) is 50.3 Å². The van der Waals surface area contributed by atoms with Crippen LogP contribution >= 0.6 is 0 Å². The number of sulfonamides is 2. The number of hydrogen-bond acceptors (Lipinski definition) is 16. The van der Waals surface area contributed by atoms with Crippen LogP contribution in [0.5, 0.6) is 11.8 Å². The number of anilines is 2. The molecule has 0 atom stereocenters. The number of nitrogens with zero attached hydrogens (tertiary/aromatic N) is 10. The van der Waals surface area contributed by atoms with E-state index in [4.69, 9.17) is 8.83 Å². The summed E-state index contributed by atoms with van der Waals surface area (Å²) in [7, 11) is -7.77. The standard InChI is InChI=1S/2C21H20N6O4S.Cu/c2*1-13-15(3)31-21(22-13)26-32(29,30)18-11-9-16(10-12-18)23-24-19-14(2)25-27(20(19)28)17-7-5-4-6-8-17;/h2*4-12,28H,1-3H3,(H,22,26);/q;;+2/p-2. The minimum absolute atomic E-state index is 0. The number of azo groups is 2. The SMILES string of the molecule is Cc1nc(NS(=O)(=O)c2ccc(N=Nc3c(C)nn(-c4ccccc4)c3[O-])cc2)oc1C.Cc1nc(NS(=O)(=O)c2ccc(N=Nc3c(C)nn(-c4ccccc4)c3[O-])cc2)oc1C.[Cu+2]. The van der Waals surface area contributed by atoms with E-state index in [0.29, 0.717) is 57.0 Å². The number of para-hydroxylation sites is 2. The summed E-state index contributed by atoms with van der Waals surface area (Å²) in [6.07, 6.45) is 0. The number of rotatable bonds is 12. The molecule has 0 bridgehead atoms. The van der Waals surface area contributed by atoms with Crippen molar-refractivity contribution < 1.29 is 53.0 Å². The average molecular weight is 967 g/mol. The molecule has 0 spiro atoms. The van der Waals surface area contributed by atoms with E-state index in [1.807, 2.05) is 36.4 Å². The Bertz CT molecular complexity index is 2970. The Kier molecular flexibility index (Phi) is 14.1. The Morgan fingerprint density at radius 1 is 0.492 bits per heavy atom. The normalized spacial score (nSPS) is 11.7. The molecule has 4 aromatic carbocycles. The second-order valence-electron chi connectivity index (χ2n) is 13.9. The molecule has 337 valence electrons. The molecule has 65 heavy (non-hydrogen) atoms. The second-order valence-corrected chi connectivity index (χ2v) is 17.3. The van der Waals surface area contributed by atoms with Gasteiger partial charge in [-0.15, -0.1) is 10.2 Å². The molecule has 8 rings (SSSR count). The number of aryl methyl sites for hydroxylation is 6. The maximum absolute atomic E-state index is 12.6. The first-order valence-corrected chi connectivity index (χ1v) is 22.1. The van der Waals surface area contributed by atoms with Crippen LogP contribution < -0.4 is 19.7 Å². The molecule has 0 saturated heterocycles. The van der Waals surface area contributed by atoms with Crippen molar-refractivity contribution in [3.05, 3.63) is 143 Å². The van der Waals surface area contributed by atoms with Crippen LogP contribution in [0.25, 0.3) is 11.4 Å². The van der Waals surface area contributed by atoms with Crippen molar-refractivity contribution in [2.75, 3.05) is 9.44 Å². The van der Waals surface area contributed by atoms with Crippen molar-refractivity contribution in [2.45, 2.75) is 51.3 Å². The van der Waals surface area contributed by atoms with Gasteiger partial charge in [-0.1, -0.05) is 36.4 Å². The first kappa shape index (κ1) is 47.0. The Morgan fingerprint density at radius 3 is 1.14 bits per heavy atom. The fourth-order valence-corrected chi connectivity index (χ4v) is 7.55. The third kappa shape index (κ3) is 10.8. The zero-order valence-corrected chi connectivity index (χ0v) is 37.8. The van der Waals surface area contributed by atoms with Gasteiger partial charge in [0.05, 0.1) is 55.3 Å². The molecule has 2 N–H and O–H groups in total. The summed E-state index contributed by atoms with van der Waals surface area (Å²) < 4.78 is 67.7. The van der Waals surface area contributed by atoms with Crippen LogP contribution in [0.4, 0.5) is 34.8 Å². The maximum Gasteiger partial charge on any atom is 2.00 e. The first-order valence-electron chi connectivity index (χ1n) is 19.1. The molecule has 0 aliphatic rings. The Hall–Kier alpha value is -7.46. The van der Waals surface area contributed by atoms with E-state index in [0.717, 1.165) is 0 Å². The monoisotopic (exact) mass is 965 g/mol. The largest absolute Gasteiger partial charge is 2.00 e. The number of benzene rings is 4. The Morgan fingerprint density at radius 2 is 0.831 bits per heavy atom.